The minimum Gasteiger partial charge on any atom is -0.450 e. The van der Waals surface area contributed by atoms with Gasteiger partial charge in [0.1, 0.15) is 5.58 Å². The fourth-order valence-corrected chi connectivity index (χ4v) is 4.00. The summed E-state index contributed by atoms with van der Waals surface area (Å²) in [5.74, 6) is -0.212. The Balaban J connectivity index is 1.46. The second kappa shape index (κ2) is 7.54. The first kappa shape index (κ1) is 17.8. The van der Waals surface area contributed by atoms with Gasteiger partial charge in [-0.15, -0.1) is 0 Å². The van der Waals surface area contributed by atoms with E-state index in [1.54, 1.807) is 12.3 Å². The molecule has 5 nitrogen and oxygen atoms in total. The van der Waals surface area contributed by atoms with Gasteiger partial charge in [0.25, 0.3) is 0 Å². The molecule has 0 spiro atoms. The van der Waals surface area contributed by atoms with Gasteiger partial charge in [-0.25, -0.2) is 5.43 Å². The van der Waals surface area contributed by atoms with E-state index >= 15 is 0 Å². The van der Waals surface area contributed by atoms with Gasteiger partial charge in [0.05, 0.1) is 10.7 Å². The maximum atomic E-state index is 12.3. The number of furan rings is 1. The molecule has 2 heterocycles. The summed E-state index contributed by atoms with van der Waals surface area (Å²) >= 11 is 6.85. The number of hydrogen-bond donors (Lipinski definition) is 1. The van der Waals surface area contributed by atoms with Crippen molar-refractivity contribution in [2.24, 2.45) is 5.10 Å². The fourth-order valence-electron chi connectivity index (χ4n) is 2.66. The molecular weight excluding hydrogens is 474 g/mol. The summed E-state index contributed by atoms with van der Waals surface area (Å²) in [5, 5.41) is 4.84. The van der Waals surface area contributed by atoms with E-state index in [1.807, 2.05) is 65.5 Å². The summed E-state index contributed by atoms with van der Waals surface area (Å²) in [5.41, 5.74) is 5.04. The number of amides is 1. The predicted octanol–water partition coefficient (Wildman–Crippen LogP) is 5.51. The molecule has 27 heavy (non-hydrogen) atoms. The third-order valence-electron chi connectivity index (χ3n) is 3.91. The molecule has 2 aromatic heterocycles. The lowest BCUT2D eigenvalue weighted by Crippen LogP contribution is -2.16. The number of benzene rings is 2. The number of halogens is 2. The van der Waals surface area contributed by atoms with Crippen molar-refractivity contribution in [2.75, 3.05) is 0 Å². The average molecular weight is 487 g/mol. The minimum atomic E-state index is -0.409. The third kappa shape index (κ3) is 3.89. The number of aromatic nitrogens is 1. The van der Waals surface area contributed by atoms with Crippen molar-refractivity contribution in [1.82, 2.24) is 9.99 Å². The molecule has 0 radical (unpaired) electrons. The van der Waals surface area contributed by atoms with Crippen LogP contribution in [0.2, 0.25) is 0 Å². The molecule has 0 saturated heterocycles. The van der Waals surface area contributed by atoms with Crippen molar-refractivity contribution in [3.63, 3.8) is 0 Å². The zero-order valence-corrected chi connectivity index (χ0v) is 17.1. The normalized spacial score (nSPS) is 11.3. The molecule has 0 saturated carbocycles. The number of carbonyl (C=O) groups is 1. The number of para-hydroxylation sites is 1. The van der Waals surface area contributed by atoms with E-state index in [-0.39, 0.29) is 5.76 Å². The van der Waals surface area contributed by atoms with Crippen LogP contribution in [-0.2, 0) is 0 Å². The zero-order valence-electron chi connectivity index (χ0n) is 13.9. The fraction of sp³-hybridized carbons (Fsp3) is 0. The number of fused-ring (bicyclic) bond motifs is 1. The van der Waals surface area contributed by atoms with Gasteiger partial charge >= 0.3 is 5.91 Å². The quantitative estimate of drug-likeness (QED) is 0.305. The van der Waals surface area contributed by atoms with Crippen molar-refractivity contribution in [1.29, 1.82) is 0 Å². The topological polar surface area (TPSA) is 59.5 Å². The van der Waals surface area contributed by atoms with Crippen LogP contribution >= 0.6 is 31.9 Å². The van der Waals surface area contributed by atoms with Gasteiger partial charge in [0.2, 0.25) is 0 Å². The molecule has 2 aromatic carbocycles. The molecule has 0 aliphatic carbocycles. The maximum Gasteiger partial charge on any atom is 0.307 e. The van der Waals surface area contributed by atoms with Crippen LogP contribution in [0.4, 0.5) is 0 Å². The highest BCUT2D eigenvalue weighted by Crippen LogP contribution is 2.30. The number of rotatable bonds is 4. The lowest BCUT2D eigenvalue weighted by molar-refractivity contribution is 0.0929. The highest BCUT2D eigenvalue weighted by molar-refractivity contribution is 9.11. The number of hydrogen-bond acceptors (Lipinski definition) is 3. The van der Waals surface area contributed by atoms with Crippen LogP contribution in [0.25, 0.3) is 16.7 Å². The Morgan fingerprint density at radius 2 is 1.93 bits per heavy atom. The standard InChI is InChI=1S/C20H13Br2N3O2/c21-15-8-14-9-18(27-19(14)17(22)10-15)20(26)24-23-11-13-6-7-25(12-13)16-4-2-1-3-5-16/h1-12H,(H,24,26)/b23-11-. The predicted molar refractivity (Wildman–Crippen MR) is 112 cm³/mol. The molecule has 0 aliphatic heterocycles. The molecule has 1 N–H and O–H groups in total. The van der Waals surface area contributed by atoms with Crippen LogP contribution in [0.1, 0.15) is 16.1 Å². The monoisotopic (exact) mass is 485 g/mol. The van der Waals surface area contributed by atoms with Crippen LogP contribution in [0.3, 0.4) is 0 Å². The van der Waals surface area contributed by atoms with E-state index in [2.05, 4.69) is 42.4 Å². The first-order valence-corrected chi connectivity index (χ1v) is 9.64. The Hall–Kier alpha value is -2.64. The van der Waals surface area contributed by atoms with E-state index in [1.165, 1.54) is 0 Å². The lowest BCUT2D eigenvalue weighted by Gasteiger charge is -2.00. The van der Waals surface area contributed by atoms with Gasteiger partial charge < -0.3 is 8.98 Å². The molecule has 0 aliphatic rings. The highest BCUT2D eigenvalue weighted by atomic mass is 79.9. The summed E-state index contributed by atoms with van der Waals surface area (Å²) in [6, 6.07) is 17.3. The van der Waals surface area contributed by atoms with Crippen molar-refractivity contribution < 1.29 is 9.21 Å². The Kier molecular flexibility index (Phi) is 4.96. The van der Waals surface area contributed by atoms with Crippen molar-refractivity contribution in [3.8, 4) is 5.69 Å². The summed E-state index contributed by atoms with van der Waals surface area (Å²) in [6.45, 7) is 0. The molecule has 0 fully saturated rings. The zero-order chi connectivity index (χ0) is 18.8. The first-order valence-electron chi connectivity index (χ1n) is 8.05. The Bertz CT molecular complexity index is 1150. The van der Waals surface area contributed by atoms with Gasteiger partial charge in [0.15, 0.2) is 5.76 Å². The smallest absolute Gasteiger partial charge is 0.307 e. The van der Waals surface area contributed by atoms with E-state index in [0.29, 0.717) is 5.58 Å². The number of hydrazone groups is 1. The molecular formula is C20H13Br2N3O2. The van der Waals surface area contributed by atoms with Crippen molar-refractivity contribution >= 4 is 55.0 Å². The first-order chi connectivity index (χ1) is 13.1. The van der Waals surface area contributed by atoms with Crippen LogP contribution < -0.4 is 5.43 Å². The van der Waals surface area contributed by atoms with Crippen LogP contribution in [-0.4, -0.2) is 16.7 Å². The average Bonchev–Trinajstić information content (AvgIpc) is 3.29. The van der Waals surface area contributed by atoms with E-state index in [9.17, 15) is 4.79 Å². The Morgan fingerprint density at radius 1 is 1.11 bits per heavy atom. The molecule has 4 rings (SSSR count). The van der Waals surface area contributed by atoms with Gasteiger partial charge in [0, 0.05) is 33.5 Å². The van der Waals surface area contributed by atoms with Gasteiger partial charge in [-0.2, -0.15) is 5.10 Å². The minimum absolute atomic E-state index is 0.197. The van der Waals surface area contributed by atoms with Gasteiger partial charge in [-0.3, -0.25) is 4.79 Å². The molecule has 7 heteroatoms. The van der Waals surface area contributed by atoms with Crippen LogP contribution in [0.5, 0.6) is 0 Å². The Morgan fingerprint density at radius 3 is 2.74 bits per heavy atom. The van der Waals surface area contributed by atoms with Gasteiger partial charge in [-0.1, -0.05) is 34.1 Å². The largest absolute Gasteiger partial charge is 0.450 e. The number of carbonyl (C=O) groups excluding carboxylic acids is 1. The maximum absolute atomic E-state index is 12.3. The van der Waals surface area contributed by atoms with E-state index < -0.39 is 5.91 Å². The lowest BCUT2D eigenvalue weighted by atomic mass is 10.2. The molecule has 1 amide bonds. The molecule has 0 bridgehead atoms. The molecule has 4 aromatic rings. The molecule has 0 unspecified atom stereocenters. The van der Waals surface area contributed by atoms with Gasteiger partial charge in [-0.05, 0) is 52.3 Å². The second-order valence-corrected chi connectivity index (χ2v) is 7.57. The highest BCUT2D eigenvalue weighted by Gasteiger charge is 2.14. The van der Waals surface area contributed by atoms with Crippen LogP contribution in [0, 0.1) is 0 Å². The van der Waals surface area contributed by atoms with E-state index in [4.69, 9.17) is 4.42 Å². The number of nitrogens with zero attached hydrogens (tertiary/aromatic N) is 2. The molecule has 0 atom stereocenters. The third-order valence-corrected chi connectivity index (χ3v) is 4.96. The summed E-state index contributed by atoms with van der Waals surface area (Å²) < 4.78 is 9.28. The summed E-state index contributed by atoms with van der Waals surface area (Å²) in [4.78, 5) is 12.3. The molecule has 134 valence electrons. The van der Waals surface area contributed by atoms with Crippen LogP contribution in [0.15, 0.2) is 85.5 Å². The summed E-state index contributed by atoms with van der Waals surface area (Å²) in [7, 11) is 0. The summed E-state index contributed by atoms with van der Waals surface area (Å²) in [6.07, 6.45) is 5.46. The SMILES string of the molecule is O=C(N/N=C\c1ccn(-c2ccccc2)c1)c1cc2cc(Br)cc(Br)c2o1. The Labute approximate surface area is 171 Å². The van der Waals surface area contributed by atoms with E-state index in [0.717, 1.165) is 25.6 Å². The second-order valence-electron chi connectivity index (χ2n) is 5.80. The van der Waals surface area contributed by atoms with Crippen molar-refractivity contribution in [2.45, 2.75) is 0 Å². The van der Waals surface area contributed by atoms with Crippen molar-refractivity contribution in [3.05, 3.63) is 87.3 Å². The number of nitrogens with one attached hydrogen (secondary N) is 1.